The second kappa shape index (κ2) is 5.83. The molecule has 92 valence electrons. The van der Waals surface area contributed by atoms with Crippen LogP contribution in [0, 0.1) is 12.7 Å². The lowest BCUT2D eigenvalue weighted by Gasteiger charge is -2.05. The first-order valence-corrected chi connectivity index (χ1v) is 6.63. The number of aryl methyl sites for hydroxylation is 1. The molecule has 0 aliphatic carbocycles. The third-order valence-electron chi connectivity index (χ3n) is 2.64. The molecule has 0 fully saturated rings. The van der Waals surface area contributed by atoms with E-state index < -0.39 is 0 Å². The van der Waals surface area contributed by atoms with E-state index in [4.69, 9.17) is 0 Å². The van der Waals surface area contributed by atoms with Crippen LogP contribution in [0.25, 0.3) is 0 Å². The lowest BCUT2D eigenvalue weighted by Crippen LogP contribution is -2.04. The predicted molar refractivity (Wildman–Crippen MR) is 72.6 cm³/mol. The highest BCUT2D eigenvalue weighted by molar-refractivity contribution is 8.00. The number of carbonyl (C=O) groups is 1. The first-order chi connectivity index (χ1) is 8.68. The Kier molecular flexibility index (Phi) is 4.15. The summed E-state index contributed by atoms with van der Waals surface area (Å²) in [6.45, 7) is 1.90. The molecule has 0 atom stereocenters. The average molecular weight is 260 g/mol. The second-order valence-electron chi connectivity index (χ2n) is 3.96. The fourth-order valence-corrected chi connectivity index (χ4v) is 2.49. The van der Waals surface area contributed by atoms with E-state index in [1.54, 1.807) is 24.3 Å². The Labute approximate surface area is 110 Å². The van der Waals surface area contributed by atoms with Crippen LogP contribution in [0.15, 0.2) is 53.4 Å². The number of benzene rings is 2. The van der Waals surface area contributed by atoms with Crippen LogP contribution in [0.3, 0.4) is 0 Å². The topological polar surface area (TPSA) is 17.1 Å². The van der Waals surface area contributed by atoms with Crippen molar-refractivity contribution in [2.75, 3.05) is 5.75 Å². The minimum Gasteiger partial charge on any atom is -0.293 e. The minimum absolute atomic E-state index is 0.0290. The molecule has 2 aromatic carbocycles. The molecule has 0 saturated carbocycles. The lowest BCUT2D eigenvalue weighted by molar-refractivity contribution is 0.102. The van der Waals surface area contributed by atoms with Crippen LogP contribution in [0.5, 0.6) is 0 Å². The maximum absolute atomic E-state index is 13.4. The van der Waals surface area contributed by atoms with Crippen LogP contribution >= 0.6 is 11.8 Å². The first kappa shape index (κ1) is 12.8. The summed E-state index contributed by atoms with van der Waals surface area (Å²) < 4.78 is 13.4. The van der Waals surface area contributed by atoms with Crippen LogP contribution in [0.2, 0.25) is 0 Å². The van der Waals surface area contributed by atoms with Crippen LogP contribution in [-0.4, -0.2) is 11.5 Å². The molecule has 2 rings (SSSR count). The van der Waals surface area contributed by atoms with E-state index in [0.717, 1.165) is 5.56 Å². The zero-order valence-electron chi connectivity index (χ0n) is 10.0. The zero-order valence-corrected chi connectivity index (χ0v) is 10.8. The number of rotatable bonds is 4. The van der Waals surface area contributed by atoms with E-state index in [1.807, 2.05) is 25.1 Å². The molecule has 0 aromatic heterocycles. The van der Waals surface area contributed by atoms with Crippen LogP contribution in [0.4, 0.5) is 4.39 Å². The van der Waals surface area contributed by atoms with E-state index in [1.165, 1.54) is 17.8 Å². The number of hydrogen-bond donors (Lipinski definition) is 0. The standard InChI is InChI=1S/C15H13FOS/c1-11-6-2-3-7-12(11)14(17)10-18-15-9-5-4-8-13(15)16/h2-9H,10H2,1H3. The van der Waals surface area contributed by atoms with Gasteiger partial charge >= 0.3 is 0 Å². The third kappa shape index (κ3) is 2.99. The molecule has 0 radical (unpaired) electrons. The SMILES string of the molecule is Cc1ccccc1C(=O)CSc1ccccc1F. The summed E-state index contributed by atoms with van der Waals surface area (Å²) in [5, 5.41) is 0. The average Bonchev–Trinajstić information content (AvgIpc) is 2.38. The van der Waals surface area contributed by atoms with Gasteiger partial charge in [0.1, 0.15) is 5.82 Å². The maximum atomic E-state index is 13.4. The fourth-order valence-electron chi connectivity index (χ4n) is 1.67. The molecular formula is C15H13FOS. The zero-order chi connectivity index (χ0) is 13.0. The molecule has 2 aromatic rings. The normalized spacial score (nSPS) is 10.3. The predicted octanol–water partition coefficient (Wildman–Crippen LogP) is 4.11. The molecule has 0 amide bonds. The van der Waals surface area contributed by atoms with E-state index in [-0.39, 0.29) is 17.4 Å². The van der Waals surface area contributed by atoms with Crippen molar-refractivity contribution < 1.29 is 9.18 Å². The van der Waals surface area contributed by atoms with Gasteiger partial charge in [-0.15, -0.1) is 11.8 Å². The van der Waals surface area contributed by atoms with Crippen LogP contribution in [-0.2, 0) is 0 Å². The highest BCUT2D eigenvalue weighted by Crippen LogP contribution is 2.22. The number of carbonyl (C=O) groups excluding carboxylic acids is 1. The van der Waals surface area contributed by atoms with Gasteiger partial charge in [0.25, 0.3) is 0 Å². The summed E-state index contributed by atoms with van der Waals surface area (Å²) in [7, 11) is 0. The Balaban J connectivity index is 2.06. The van der Waals surface area contributed by atoms with Crippen molar-refractivity contribution in [3.63, 3.8) is 0 Å². The molecule has 3 heteroatoms. The van der Waals surface area contributed by atoms with Gasteiger partial charge in [0.15, 0.2) is 5.78 Å². The molecule has 0 saturated heterocycles. The van der Waals surface area contributed by atoms with Crippen molar-refractivity contribution in [2.45, 2.75) is 11.8 Å². The Bertz CT molecular complexity index is 566. The summed E-state index contributed by atoms with van der Waals surface area (Å²) in [4.78, 5) is 12.5. The molecule has 0 aliphatic heterocycles. The molecular weight excluding hydrogens is 247 g/mol. The van der Waals surface area contributed by atoms with Gasteiger partial charge in [-0.3, -0.25) is 4.79 Å². The number of ketones is 1. The van der Waals surface area contributed by atoms with Crippen molar-refractivity contribution in [1.29, 1.82) is 0 Å². The smallest absolute Gasteiger partial charge is 0.173 e. The van der Waals surface area contributed by atoms with Gasteiger partial charge in [0.2, 0.25) is 0 Å². The van der Waals surface area contributed by atoms with Crippen LogP contribution in [0.1, 0.15) is 15.9 Å². The van der Waals surface area contributed by atoms with Crippen molar-refractivity contribution in [2.24, 2.45) is 0 Å². The Morgan fingerprint density at radius 1 is 1.11 bits per heavy atom. The van der Waals surface area contributed by atoms with Gasteiger partial charge in [-0.25, -0.2) is 4.39 Å². The fraction of sp³-hybridized carbons (Fsp3) is 0.133. The molecule has 0 spiro atoms. The quantitative estimate of drug-likeness (QED) is 0.608. The number of hydrogen-bond acceptors (Lipinski definition) is 2. The van der Waals surface area contributed by atoms with Gasteiger partial charge < -0.3 is 0 Å². The molecule has 18 heavy (non-hydrogen) atoms. The largest absolute Gasteiger partial charge is 0.293 e. The van der Waals surface area contributed by atoms with Crippen molar-refractivity contribution >= 4 is 17.5 Å². The summed E-state index contributed by atoms with van der Waals surface area (Å²) >= 11 is 1.23. The molecule has 0 N–H and O–H groups in total. The first-order valence-electron chi connectivity index (χ1n) is 5.64. The van der Waals surface area contributed by atoms with Gasteiger partial charge in [-0.05, 0) is 24.6 Å². The Morgan fingerprint density at radius 3 is 2.50 bits per heavy atom. The molecule has 0 heterocycles. The molecule has 0 bridgehead atoms. The summed E-state index contributed by atoms with van der Waals surface area (Å²) in [5.74, 6) is 0.00707. The van der Waals surface area contributed by atoms with E-state index in [0.29, 0.717) is 10.5 Å². The van der Waals surface area contributed by atoms with E-state index in [9.17, 15) is 9.18 Å². The van der Waals surface area contributed by atoms with Crippen molar-refractivity contribution in [1.82, 2.24) is 0 Å². The van der Waals surface area contributed by atoms with Gasteiger partial charge in [-0.2, -0.15) is 0 Å². The number of halogens is 1. The summed E-state index contributed by atoms with van der Waals surface area (Å²) in [6.07, 6.45) is 0. The molecule has 1 nitrogen and oxygen atoms in total. The maximum Gasteiger partial charge on any atom is 0.173 e. The molecule has 0 aliphatic rings. The van der Waals surface area contributed by atoms with Gasteiger partial charge in [-0.1, -0.05) is 36.4 Å². The van der Waals surface area contributed by atoms with Gasteiger partial charge in [0.05, 0.1) is 5.75 Å². The highest BCUT2D eigenvalue weighted by Gasteiger charge is 2.10. The lowest BCUT2D eigenvalue weighted by atomic mass is 10.1. The third-order valence-corrected chi connectivity index (χ3v) is 3.69. The van der Waals surface area contributed by atoms with E-state index in [2.05, 4.69) is 0 Å². The number of thioether (sulfide) groups is 1. The minimum atomic E-state index is -0.278. The van der Waals surface area contributed by atoms with Crippen molar-refractivity contribution in [3.05, 3.63) is 65.5 Å². The second-order valence-corrected chi connectivity index (χ2v) is 4.97. The monoisotopic (exact) mass is 260 g/mol. The summed E-state index contributed by atoms with van der Waals surface area (Å²) in [6, 6.07) is 13.9. The van der Waals surface area contributed by atoms with E-state index >= 15 is 0 Å². The molecule has 0 unspecified atom stereocenters. The number of Topliss-reactive ketones (excluding diaryl/α,β-unsaturated/α-hetero) is 1. The highest BCUT2D eigenvalue weighted by atomic mass is 32.2. The Morgan fingerprint density at radius 2 is 1.78 bits per heavy atom. The Hall–Kier alpha value is -1.61. The van der Waals surface area contributed by atoms with Gasteiger partial charge in [0, 0.05) is 10.5 Å². The van der Waals surface area contributed by atoms with Crippen LogP contribution < -0.4 is 0 Å². The summed E-state index contributed by atoms with van der Waals surface area (Å²) in [5.41, 5.74) is 1.66. The van der Waals surface area contributed by atoms with Crippen molar-refractivity contribution in [3.8, 4) is 0 Å².